The maximum absolute atomic E-state index is 13.4. The summed E-state index contributed by atoms with van der Waals surface area (Å²) in [4.78, 5) is 8.73. The molecule has 0 unspecified atom stereocenters. The number of rotatable bonds is 3. The summed E-state index contributed by atoms with van der Waals surface area (Å²) in [6, 6.07) is 4.58. The Balaban J connectivity index is 2.59. The Kier molecular flexibility index (Phi) is 4.14. The minimum absolute atomic E-state index is 0.303. The van der Waals surface area contributed by atoms with Gasteiger partial charge in [-0.15, -0.1) is 0 Å². The number of halogens is 2. The van der Waals surface area contributed by atoms with Crippen LogP contribution in [0.2, 0.25) is 0 Å². The third-order valence-electron chi connectivity index (χ3n) is 2.87. The monoisotopic (exact) mass is 323 g/mol. The molecule has 3 nitrogen and oxygen atoms in total. The maximum atomic E-state index is 13.4. The van der Waals surface area contributed by atoms with Gasteiger partial charge in [-0.25, -0.2) is 14.4 Å². The van der Waals surface area contributed by atoms with Gasteiger partial charge in [-0.05, 0) is 47.0 Å². The van der Waals surface area contributed by atoms with Crippen LogP contribution < -0.4 is 5.73 Å². The lowest BCUT2D eigenvalue weighted by atomic mass is 10.1. The first-order chi connectivity index (χ1) is 9.02. The zero-order valence-corrected chi connectivity index (χ0v) is 12.5. The molecule has 1 aromatic carbocycles. The highest BCUT2D eigenvalue weighted by Crippen LogP contribution is 2.28. The molecular weight excluding hydrogens is 309 g/mol. The summed E-state index contributed by atoms with van der Waals surface area (Å²) < 4.78 is 14.1. The van der Waals surface area contributed by atoms with Crippen molar-refractivity contribution < 1.29 is 4.39 Å². The van der Waals surface area contributed by atoms with Crippen molar-refractivity contribution in [2.24, 2.45) is 0 Å². The summed E-state index contributed by atoms with van der Waals surface area (Å²) in [5.41, 5.74) is 8.34. The largest absolute Gasteiger partial charge is 0.383 e. The zero-order valence-electron chi connectivity index (χ0n) is 10.9. The molecule has 0 atom stereocenters. The fourth-order valence-electron chi connectivity index (χ4n) is 1.87. The van der Waals surface area contributed by atoms with E-state index in [4.69, 9.17) is 5.73 Å². The summed E-state index contributed by atoms with van der Waals surface area (Å²) in [6.45, 7) is 3.97. The molecule has 0 saturated carbocycles. The Hall–Kier alpha value is -1.49. The molecule has 0 bridgehead atoms. The molecular formula is C14H15BrFN3. The minimum Gasteiger partial charge on any atom is -0.383 e. The van der Waals surface area contributed by atoms with Crippen molar-refractivity contribution >= 4 is 21.7 Å². The first-order valence-electron chi connectivity index (χ1n) is 6.11. The third-order valence-corrected chi connectivity index (χ3v) is 3.74. The molecule has 0 aliphatic heterocycles. The summed E-state index contributed by atoms with van der Waals surface area (Å²) in [7, 11) is 0. The van der Waals surface area contributed by atoms with Gasteiger partial charge in [0.05, 0.1) is 10.2 Å². The molecule has 0 spiro atoms. The second kappa shape index (κ2) is 5.65. The lowest BCUT2D eigenvalue weighted by molar-refractivity contribution is 0.627. The summed E-state index contributed by atoms with van der Waals surface area (Å²) in [5, 5.41) is 0. The number of hydrogen-bond donors (Lipinski definition) is 1. The van der Waals surface area contributed by atoms with E-state index in [0.717, 1.165) is 28.6 Å². The van der Waals surface area contributed by atoms with Crippen molar-refractivity contribution in [3.05, 3.63) is 39.7 Å². The lowest BCUT2D eigenvalue weighted by Crippen LogP contribution is -2.03. The van der Waals surface area contributed by atoms with E-state index in [-0.39, 0.29) is 5.82 Å². The molecule has 2 rings (SSSR count). The molecule has 19 heavy (non-hydrogen) atoms. The summed E-state index contributed by atoms with van der Waals surface area (Å²) in [5.74, 6) is 0.556. The molecule has 0 radical (unpaired) electrons. The second-order valence-corrected chi connectivity index (χ2v) is 5.20. The van der Waals surface area contributed by atoms with Gasteiger partial charge >= 0.3 is 0 Å². The van der Waals surface area contributed by atoms with Crippen LogP contribution in [0.4, 0.5) is 10.2 Å². The molecule has 0 amide bonds. The fraction of sp³-hybridized carbons (Fsp3) is 0.286. The molecule has 100 valence electrons. The predicted octanol–water partition coefficient (Wildman–Crippen LogP) is 3.89. The maximum Gasteiger partial charge on any atom is 0.162 e. The zero-order chi connectivity index (χ0) is 14.0. The van der Waals surface area contributed by atoms with Crippen molar-refractivity contribution in [1.82, 2.24) is 9.97 Å². The Morgan fingerprint density at radius 2 is 2.05 bits per heavy atom. The Morgan fingerprint density at radius 3 is 2.74 bits per heavy atom. The van der Waals surface area contributed by atoms with Crippen LogP contribution in [-0.4, -0.2) is 9.97 Å². The van der Waals surface area contributed by atoms with Crippen LogP contribution in [0.1, 0.15) is 24.6 Å². The first-order valence-corrected chi connectivity index (χ1v) is 6.90. The van der Waals surface area contributed by atoms with Gasteiger partial charge in [0.25, 0.3) is 0 Å². The standard InChI is InChI=1S/C14H15BrFN3/c1-3-4-11-12(15)13(17)19-14(18-11)10-7-9(16)6-5-8(10)2/h5-7H,3-4H2,1-2H3,(H2,17,18,19). The first kappa shape index (κ1) is 13.9. The van der Waals surface area contributed by atoms with Crippen molar-refractivity contribution in [1.29, 1.82) is 0 Å². The van der Waals surface area contributed by atoms with Gasteiger partial charge in [0.2, 0.25) is 0 Å². The number of aryl methyl sites for hydroxylation is 2. The lowest BCUT2D eigenvalue weighted by Gasteiger charge is -2.10. The van der Waals surface area contributed by atoms with E-state index in [1.165, 1.54) is 12.1 Å². The van der Waals surface area contributed by atoms with E-state index in [1.807, 2.05) is 6.92 Å². The average Bonchev–Trinajstić information content (AvgIpc) is 2.38. The van der Waals surface area contributed by atoms with Crippen LogP contribution in [0, 0.1) is 12.7 Å². The van der Waals surface area contributed by atoms with Crippen molar-refractivity contribution in [2.75, 3.05) is 5.73 Å². The number of hydrogen-bond acceptors (Lipinski definition) is 3. The number of nitrogens with two attached hydrogens (primary N) is 1. The van der Waals surface area contributed by atoms with Crippen LogP contribution in [0.5, 0.6) is 0 Å². The van der Waals surface area contributed by atoms with Crippen molar-refractivity contribution in [2.45, 2.75) is 26.7 Å². The Labute approximate surface area is 120 Å². The molecule has 0 saturated heterocycles. The van der Waals surface area contributed by atoms with E-state index < -0.39 is 0 Å². The van der Waals surface area contributed by atoms with Crippen LogP contribution in [0.15, 0.2) is 22.7 Å². The summed E-state index contributed by atoms with van der Waals surface area (Å²) in [6.07, 6.45) is 1.76. The van der Waals surface area contributed by atoms with Crippen LogP contribution in [0.3, 0.4) is 0 Å². The van der Waals surface area contributed by atoms with Gasteiger partial charge < -0.3 is 5.73 Å². The highest BCUT2D eigenvalue weighted by Gasteiger charge is 2.13. The van der Waals surface area contributed by atoms with Gasteiger partial charge in [0, 0.05) is 5.56 Å². The van der Waals surface area contributed by atoms with E-state index in [1.54, 1.807) is 6.07 Å². The van der Waals surface area contributed by atoms with Gasteiger partial charge in [-0.2, -0.15) is 0 Å². The van der Waals surface area contributed by atoms with Gasteiger partial charge in [-0.1, -0.05) is 19.4 Å². The number of nitrogen functional groups attached to an aromatic ring is 1. The predicted molar refractivity (Wildman–Crippen MR) is 78.3 cm³/mol. The molecule has 0 fully saturated rings. The SMILES string of the molecule is CCCc1nc(-c2cc(F)ccc2C)nc(N)c1Br. The Morgan fingerprint density at radius 1 is 1.32 bits per heavy atom. The molecule has 1 heterocycles. The van der Waals surface area contributed by atoms with Crippen LogP contribution in [-0.2, 0) is 6.42 Å². The van der Waals surface area contributed by atoms with Gasteiger partial charge in [0.1, 0.15) is 11.6 Å². The number of nitrogens with zero attached hydrogens (tertiary/aromatic N) is 2. The normalized spacial score (nSPS) is 10.7. The van der Waals surface area contributed by atoms with E-state index in [2.05, 4.69) is 32.8 Å². The molecule has 5 heteroatoms. The van der Waals surface area contributed by atoms with E-state index in [0.29, 0.717) is 17.2 Å². The Bertz CT molecular complexity index is 614. The average molecular weight is 324 g/mol. The summed E-state index contributed by atoms with van der Waals surface area (Å²) >= 11 is 3.40. The minimum atomic E-state index is -0.303. The second-order valence-electron chi connectivity index (χ2n) is 4.40. The van der Waals surface area contributed by atoms with Crippen molar-refractivity contribution in [3.8, 4) is 11.4 Å². The molecule has 0 aliphatic rings. The quantitative estimate of drug-likeness (QED) is 0.932. The van der Waals surface area contributed by atoms with Crippen molar-refractivity contribution in [3.63, 3.8) is 0 Å². The van der Waals surface area contributed by atoms with E-state index in [9.17, 15) is 4.39 Å². The van der Waals surface area contributed by atoms with Crippen LogP contribution >= 0.6 is 15.9 Å². The highest BCUT2D eigenvalue weighted by atomic mass is 79.9. The fourth-order valence-corrected chi connectivity index (χ4v) is 2.25. The number of benzene rings is 1. The molecule has 1 aromatic heterocycles. The molecule has 2 N–H and O–H groups in total. The molecule has 0 aliphatic carbocycles. The third kappa shape index (κ3) is 2.92. The smallest absolute Gasteiger partial charge is 0.162 e. The topological polar surface area (TPSA) is 51.8 Å². The highest BCUT2D eigenvalue weighted by molar-refractivity contribution is 9.10. The number of aromatic nitrogens is 2. The van der Waals surface area contributed by atoms with Crippen LogP contribution in [0.25, 0.3) is 11.4 Å². The number of anilines is 1. The van der Waals surface area contributed by atoms with E-state index >= 15 is 0 Å². The van der Waals surface area contributed by atoms with Gasteiger partial charge in [0.15, 0.2) is 5.82 Å². The molecule has 2 aromatic rings. The van der Waals surface area contributed by atoms with Gasteiger partial charge in [-0.3, -0.25) is 0 Å².